The number of nitrogens with zero attached hydrogens (tertiary/aromatic N) is 2. The van der Waals surface area contributed by atoms with Crippen molar-refractivity contribution in [2.75, 3.05) is 26.7 Å². The van der Waals surface area contributed by atoms with Gasteiger partial charge in [0.25, 0.3) is 0 Å². The van der Waals surface area contributed by atoms with Crippen LogP contribution < -0.4 is 5.73 Å². The Kier molecular flexibility index (Phi) is 3.71. The Bertz CT molecular complexity index is 158. The molecule has 1 fully saturated rings. The standard InChI is InChI=1S/C10H23N3/c1-8(2)13-7-10(5-11)12(4)6-9(13)3/h8-10H,5-7,11H2,1-4H3. The van der Waals surface area contributed by atoms with Gasteiger partial charge in [0.1, 0.15) is 0 Å². The molecule has 1 heterocycles. The Morgan fingerprint density at radius 2 is 2.00 bits per heavy atom. The predicted molar refractivity (Wildman–Crippen MR) is 56.8 cm³/mol. The van der Waals surface area contributed by atoms with Gasteiger partial charge in [-0.2, -0.15) is 0 Å². The van der Waals surface area contributed by atoms with E-state index in [9.17, 15) is 0 Å². The molecule has 0 amide bonds. The van der Waals surface area contributed by atoms with Gasteiger partial charge in [-0.3, -0.25) is 9.80 Å². The van der Waals surface area contributed by atoms with Crippen molar-refractivity contribution in [3.63, 3.8) is 0 Å². The average molecular weight is 185 g/mol. The molecular weight excluding hydrogens is 162 g/mol. The molecule has 3 heteroatoms. The monoisotopic (exact) mass is 185 g/mol. The molecule has 1 aliphatic rings. The molecule has 13 heavy (non-hydrogen) atoms. The van der Waals surface area contributed by atoms with Gasteiger partial charge in [0, 0.05) is 37.8 Å². The van der Waals surface area contributed by atoms with Crippen molar-refractivity contribution in [1.82, 2.24) is 9.80 Å². The van der Waals surface area contributed by atoms with Crippen LogP contribution in [-0.4, -0.2) is 54.6 Å². The van der Waals surface area contributed by atoms with Crippen LogP contribution in [0, 0.1) is 0 Å². The molecule has 0 aliphatic carbocycles. The third-order valence-electron chi connectivity index (χ3n) is 3.10. The van der Waals surface area contributed by atoms with Crippen molar-refractivity contribution in [1.29, 1.82) is 0 Å². The van der Waals surface area contributed by atoms with Crippen molar-refractivity contribution in [2.24, 2.45) is 5.73 Å². The summed E-state index contributed by atoms with van der Waals surface area (Å²) in [5, 5.41) is 0. The number of hydrogen-bond acceptors (Lipinski definition) is 3. The molecule has 0 bridgehead atoms. The molecule has 0 aromatic carbocycles. The van der Waals surface area contributed by atoms with E-state index in [4.69, 9.17) is 5.73 Å². The predicted octanol–water partition coefficient (Wildman–Crippen LogP) is 0.358. The second-order valence-corrected chi connectivity index (χ2v) is 4.47. The number of rotatable bonds is 2. The molecule has 2 atom stereocenters. The fourth-order valence-corrected chi connectivity index (χ4v) is 2.21. The molecule has 1 rings (SSSR count). The summed E-state index contributed by atoms with van der Waals surface area (Å²) in [7, 11) is 2.17. The van der Waals surface area contributed by atoms with Crippen LogP contribution in [0.4, 0.5) is 0 Å². The Morgan fingerprint density at radius 3 is 2.46 bits per heavy atom. The van der Waals surface area contributed by atoms with Gasteiger partial charge in [-0.1, -0.05) is 0 Å². The fourth-order valence-electron chi connectivity index (χ4n) is 2.21. The molecule has 0 saturated carbocycles. The summed E-state index contributed by atoms with van der Waals surface area (Å²) in [6.07, 6.45) is 0. The Morgan fingerprint density at radius 1 is 1.38 bits per heavy atom. The molecule has 2 unspecified atom stereocenters. The summed E-state index contributed by atoms with van der Waals surface area (Å²) >= 11 is 0. The highest BCUT2D eigenvalue weighted by atomic mass is 15.3. The zero-order valence-electron chi connectivity index (χ0n) is 9.33. The minimum Gasteiger partial charge on any atom is -0.329 e. The second-order valence-electron chi connectivity index (χ2n) is 4.47. The van der Waals surface area contributed by atoms with Crippen molar-refractivity contribution in [3.8, 4) is 0 Å². The van der Waals surface area contributed by atoms with Gasteiger partial charge in [0.05, 0.1) is 0 Å². The first-order chi connectivity index (χ1) is 6.06. The van der Waals surface area contributed by atoms with Crippen LogP contribution >= 0.6 is 0 Å². The SMILES string of the molecule is CC(C)N1CC(CN)N(C)CC1C. The van der Waals surface area contributed by atoms with Gasteiger partial charge in [-0.25, -0.2) is 0 Å². The third kappa shape index (κ3) is 2.42. The molecule has 0 spiro atoms. The van der Waals surface area contributed by atoms with E-state index in [1.54, 1.807) is 0 Å². The van der Waals surface area contributed by atoms with Crippen LogP contribution in [0.15, 0.2) is 0 Å². The highest BCUT2D eigenvalue weighted by Gasteiger charge is 2.29. The van der Waals surface area contributed by atoms with Crippen molar-refractivity contribution in [3.05, 3.63) is 0 Å². The molecule has 0 radical (unpaired) electrons. The maximum Gasteiger partial charge on any atom is 0.0343 e. The molecule has 3 nitrogen and oxygen atoms in total. The lowest BCUT2D eigenvalue weighted by Gasteiger charge is -2.45. The Hall–Kier alpha value is -0.120. The topological polar surface area (TPSA) is 32.5 Å². The second kappa shape index (κ2) is 4.40. The summed E-state index contributed by atoms with van der Waals surface area (Å²) in [5.74, 6) is 0. The van der Waals surface area contributed by atoms with E-state index in [1.165, 1.54) is 0 Å². The molecule has 2 N–H and O–H groups in total. The van der Waals surface area contributed by atoms with Gasteiger partial charge in [-0.15, -0.1) is 0 Å². The number of piperazine rings is 1. The maximum atomic E-state index is 5.73. The highest BCUT2D eigenvalue weighted by molar-refractivity contribution is 4.86. The largest absolute Gasteiger partial charge is 0.329 e. The van der Waals surface area contributed by atoms with Gasteiger partial charge >= 0.3 is 0 Å². The van der Waals surface area contributed by atoms with E-state index >= 15 is 0 Å². The third-order valence-corrected chi connectivity index (χ3v) is 3.10. The van der Waals surface area contributed by atoms with Crippen molar-refractivity contribution < 1.29 is 0 Å². The van der Waals surface area contributed by atoms with E-state index < -0.39 is 0 Å². The minimum atomic E-state index is 0.540. The normalized spacial score (nSPS) is 32.8. The lowest BCUT2D eigenvalue weighted by Crippen LogP contribution is -2.59. The molecule has 1 saturated heterocycles. The molecule has 0 aromatic heterocycles. The van der Waals surface area contributed by atoms with Gasteiger partial charge < -0.3 is 5.73 Å². The fraction of sp³-hybridized carbons (Fsp3) is 1.00. The van der Waals surface area contributed by atoms with Gasteiger partial charge in [0.15, 0.2) is 0 Å². The lowest BCUT2D eigenvalue weighted by atomic mass is 10.1. The van der Waals surface area contributed by atoms with Crippen LogP contribution in [0.3, 0.4) is 0 Å². The molecule has 1 aliphatic heterocycles. The van der Waals surface area contributed by atoms with Crippen LogP contribution in [-0.2, 0) is 0 Å². The zero-order valence-corrected chi connectivity index (χ0v) is 9.33. The van der Waals surface area contributed by atoms with Crippen LogP contribution in [0.2, 0.25) is 0 Å². The zero-order chi connectivity index (χ0) is 10.0. The van der Waals surface area contributed by atoms with Crippen LogP contribution in [0.1, 0.15) is 20.8 Å². The summed E-state index contributed by atoms with van der Waals surface area (Å²) in [6.45, 7) is 9.84. The van der Waals surface area contributed by atoms with Crippen molar-refractivity contribution in [2.45, 2.75) is 38.9 Å². The molecule has 78 valence electrons. The first-order valence-electron chi connectivity index (χ1n) is 5.22. The average Bonchev–Trinajstić information content (AvgIpc) is 2.03. The summed E-state index contributed by atoms with van der Waals surface area (Å²) < 4.78 is 0. The van der Waals surface area contributed by atoms with E-state index in [2.05, 4.69) is 37.6 Å². The summed E-state index contributed by atoms with van der Waals surface area (Å²) in [5.41, 5.74) is 5.73. The Balaban J connectivity index is 2.58. The molecule has 0 aromatic rings. The van der Waals surface area contributed by atoms with Gasteiger partial charge in [-0.05, 0) is 27.8 Å². The van der Waals surface area contributed by atoms with Crippen molar-refractivity contribution >= 4 is 0 Å². The summed E-state index contributed by atoms with van der Waals surface area (Å²) in [6, 6.07) is 1.84. The summed E-state index contributed by atoms with van der Waals surface area (Å²) in [4.78, 5) is 4.92. The molecular formula is C10H23N3. The van der Waals surface area contributed by atoms with E-state index in [1.807, 2.05) is 0 Å². The quantitative estimate of drug-likeness (QED) is 0.674. The smallest absolute Gasteiger partial charge is 0.0343 e. The van der Waals surface area contributed by atoms with E-state index in [0.717, 1.165) is 19.6 Å². The van der Waals surface area contributed by atoms with Crippen LogP contribution in [0.25, 0.3) is 0 Å². The van der Waals surface area contributed by atoms with Gasteiger partial charge in [0.2, 0.25) is 0 Å². The first kappa shape index (κ1) is 11.0. The highest BCUT2D eigenvalue weighted by Crippen LogP contribution is 2.15. The van der Waals surface area contributed by atoms with Crippen LogP contribution in [0.5, 0.6) is 0 Å². The van der Waals surface area contributed by atoms with E-state index in [0.29, 0.717) is 18.1 Å². The number of hydrogen-bond donors (Lipinski definition) is 1. The minimum absolute atomic E-state index is 0.540. The lowest BCUT2D eigenvalue weighted by molar-refractivity contribution is 0.0351. The number of likely N-dealkylation sites (N-methyl/N-ethyl adjacent to an activating group) is 1. The Labute approximate surface area is 81.9 Å². The maximum absolute atomic E-state index is 5.73. The van der Waals surface area contributed by atoms with E-state index in [-0.39, 0.29) is 0 Å². The number of nitrogens with two attached hydrogens (primary N) is 1. The first-order valence-corrected chi connectivity index (χ1v) is 5.22.